The number of amides is 1. The number of rotatable bonds is 5. The average molecular weight is 284 g/mol. The van der Waals surface area contributed by atoms with E-state index in [0.717, 1.165) is 0 Å². The smallest absolute Gasteiger partial charge is 0.307 e. The molecule has 0 unspecified atom stereocenters. The van der Waals surface area contributed by atoms with Crippen molar-refractivity contribution in [2.75, 3.05) is 6.54 Å². The van der Waals surface area contributed by atoms with Gasteiger partial charge in [0.15, 0.2) is 0 Å². The van der Waals surface area contributed by atoms with Crippen LogP contribution >= 0.6 is 0 Å². The van der Waals surface area contributed by atoms with Crippen molar-refractivity contribution in [3.8, 4) is 0 Å². The summed E-state index contributed by atoms with van der Waals surface area (Å²) >= 11 is 0. The normalized spacial score (nSPS) is 10.4. The van der Waals surface area contributed by atoms with E-state index >= 15 is 0 Å². The van der Waals surface area contributed by atoms with Crippen molar-refractivity contribution in [2.24, 2.45) is 0 Å². The molecule has 5 nitrogen and oxygen atoms in total. The molecule has 0 aliphatic rings. The Balaban J connectivity index is 3.25. The quantitative estimate of drug-likeness (QED) is 0.474. The zero-order chi connectivity index (χ0) is 15.4. The van der Waals surface area contributed by atoms with Gasteiger partial charge in [-0.05, 0) is 19.9 Å². The predicted octanol–water partition coefficient (Wildman–Crippen LogP) is 2.91. The third kappa shape index (κ3) is 3.17. The molecule has 1 amide bonds. The molecule has 0 saturated heterocycles. The highest BCUT2D eigenvalue weighted by Crippen LogP contribution is 2.23. The predicted molar refractivity (Wildman–Crippen MR) is 69.4 cm³/mol. The minimum absolute atomic E-state index is 0.161. The molecule has 0 bridgehead atoms. The number of hydrogen-bond donors (Lipinski definition) is 0. The summed E-state index contributed by atoms with van der Waals surface area (Å²) in [5.41, 5.74) is -1.54. The third-order valence-electron chi connectivity index (χ3n) is 2.67. The molecule has 1 aromatic carbocycles. The summed E-state index contributed by atoms with van der Waals surface area (Å²) in [5, 5.41) is 10.5. The van der Waals surface area contributed by atoms with Crippen molar-refractivity contribution in [3.05, 3.63) is 52.1 Å². The van der Waals surface area contributed by atoms with Crippen LogP contribution in [0.5, 0.6) is 0 Å². The first-order chi connectivity index (χ1) is 9.29. The summed E-state index contributed by atoms with van der Waals surface area (Å²) in [6.45, 7) is 7.07. The molecule has 0 N–H and O–H groups in total. The molecule has 1 aromatic rings. The molecule has 0 spiro atoms. The number of halogens is 2. The lowest BCUT2D eigenvalue weighted by atomic mass is 10.1. The Hall–Kier alpha value is -2.31. The van der Waals surface area contributed by atoms with E-state index in [1.807, 2.05) is 0 Å². The van der Waals surface area contributed by atoms with Gasteiger partial charge in [-0.25, -0.2) is 4.39 Å². The maximum Gasteiger partial charge on any atom is 0.307 e. The highest BCUT2D eigenvalue weighted by atomic mass is 19.1. The second-order valence-corrected chi connectivity index (χ2v) is 4.38. The van der Waals surface area contributed by atoms with Crippen molar-refractivity contribution < 1.29 is 18.5 Å². The fourth-order valence-electron chi connectivity index (χ4n) is 1.66. The Labute approximate surface area is 114 Å². The van der Waals surface area contributed by atoms with Crippen molar-refractivity contribution in [1.29, 1.82) is 0 Å². The van der Waals surface area contributed by atoms with E-state index in [2.05, 4.69) is 6.58 Å². The van der Waals surface area contributed by atoms with Crippen LogP contribution in [0.4, 0.5) is 14.5 Å². The summed E-state index contributed by atoms with van der Waals surface area (Å²) in [6, 6.07) is 0.710. The Bertz CT molecular complexity index is 559. The molecule has 0 fully saturated rings. The van der Waals surface area contributed by atoms with Gasteiger partial charge in [0.05, 0.1) is 16.6 Å². The van der Waals surface area contributed by atoms with Crippen LogP contribution in [0.15, 0.2) is 24.8 Å². The molecule has 0 aliphatic heterocycles. The maximum atomic E-state index is 13.8. The molecule has 0 atom stereocenters. The van der Waals surface area contributed by atoms with Crippen LogP contribution in [0.2, 0.25) is 0 Å². The summed E-state index contributed by atoms with van der Waals surface area (Å²) in [6.07, 6.45) is 1.46. The Morgan fingerprint density at radius 1 is 1.45 bits per heavy atom. The highest BCUT2D eigenvalue weighted by Gasteiger charge is 2.25. The van der Waals surface area contributed by atoms with Crippen LogP contribution in [-0.4, -0.2) is 28.3 Å². The second-order valence-electron chi connectivity index (χ2n) is 4.38. The topological polar surface area (TPSA) is 63.5 Å². The lowest BCUT2D eigenvalue weighted by molar-refractivity contribution is -0.387. The van der Waals surface area contributed by atoms with Gasteiger partial charge in [-0.1, -0.05) is 6.08 Å². The van der Waals surface area contributed by atoms with Crippen LogP contribution in [0.1, 0.15) is 24.2 Å². The molecule has 7 heteroatoms. The van der Waals surface area contributed by atoms with E-state index in [1.165, 1.54) is 11.0 Å². The number of carbonyl (C=O) groups excluding carboxylic acids is 1. The van der Waals surface area contributed by atoms with Gasteiger partial charge < -0.3 is 4.90 Å². The van der Waals surface area contributed by atoms with Gasteiger partial charge in [0.1, 0.15) is 5.82 Å². The fourth-order valence-corrected chi connectivity index (χ4v) is 1.66. The molecule has 1 rings (SSSR count). The Kier molecular flexibility index (Phi) is 4.90. The van der Waals surface area contributed by atoms with E-state index in [9.17, 15) is 23.7 Å². The molecular weight excluding hydrogens is 270 g/mol. The first kappa shape index (κ1) is 15.7. The number of nitro groups is 1. The van der Waals surface area contributed by atoms with Gasteiger partial charge in [-0.3, -0.25) is 14.9 Å². The third-order valence-corrected chi connectivity index (χ3v) is 2.67. The van der Waals surface area contributed by atoms with Crippen LogP contribution in [0.25, 0.3) is 0 Å². The van der Waals surface area contributed by atoms with Crippen molar-refractivity contribution in [1.82, 2.24) is 4.90 Å². The van der Waals surface area contributed by atoms with Gasteiger partial charge in [-0.15, -0.1) is 6.58 Å². The molecule has 108 valence electrons. The summed E-state index contributed by atoms with van der Waals surface area (Å²) < 4.78 is 27.3. The number of nitrogens with zero attached hydrogens (tertiary/aromatic N) is 2. The highest BCUT2D eigenvalue weighted by molar-refractivity contribution is 5.95. The Morgan fingerprint density at radius 2 is 2.05 bits per heavy atom. The van der Waals surface area contributed by atoms with E-state index < -0.39 is 33.7 Å². The minimum Gasteiger partial charge on any atom is -0.332 e. The Morgan fingerprint density at radius 3 is 2.50 bits per heavy atom. The van der Waals surface area contributed by atoms with Crippen molar-refractivity contribution in [3.63, 3.8) is 0 Å². The summed E-state index contributed by atoms with van der Waals surface area (Å²) in [5.74, 6) is -3.12. The molecule has 0 radical (unpaired) electrons. The average Bonchev–Trinajstić information content (AvgIpc) is 2.36. The standard InChI is InChI=1S/C13H14F2N2O3/c1-4-5-16(8(2)3)13(18)9-6-11(15)12(17(19)20)7-10(9)14/h4,6-8H,1,5H2,2-3H3. The molecular formula is C13H14F2N2O3. The van der Waals surface area contributed by atoms with E-state index in [-0.39, 0.29) is 12.6 Å². The number of nitro benzene ring substituents is 1. The largest absolute Gasteiger partial charge is 0.332 e. The zero-order valence-corrected chi connectivity index (χ0v) is 11.1. The van der Waals surface area contributed by atoms with Gasteiger partial charge in [0.2, 0.25) is 5.82 Å². The first-order valence-corrected chi connectivity index (χ1v) is 5.84. The van der Waals surface area contributed by atoms with Gasteiger partial charge in [-0.2, -0.15) is 4.39 Å². The van der Waals surface area contributed by atoms with Crippen LogP contribution in [-0.2, 0) is 0 Å². The molecule has 0 aromatic heterocycles. The number of carbonyl (C=O) groups is 1. The van der Waals surface area contributed by atoms with Crippen molar-refractivity contribution in [2.45, 2.75) is 19.9 Å². The summed E-state index contributed by atoms with van der Waals surface area (Å²) in [7, 11) is 0. The SMILES string of the molecule is C=CCN(C(=O)c1cc(F)c([N+](=O)[O-])cc1F)C(C)C. The van der Waals surface area contributed by atoms with Gasteiger partial charge in [0.25, 0.3) is 5.91 Å². The van der Waals surface area contributed by atoms with Crippen LogP contribution < -0.4 is 0 Å². The number of benzene rings is 1. The molecule has 20 heavy (non-hydrogen) atoms. The van der Waals surface area contributed by atoms with Gasteiger partial charge in [0, 0.05) is 12.6 Å². The lowest BCUT2D eigenvalue weighted by Gasteiger charge is -2.25. The monoisotopic (exact) mass is 284 g/mol. The number of hydrogen-bond acceptors (Lipinski definition) is 3. The van der Waals surface area contributed by atoms with Crippen LogP contribution in [0.3, 0.4) is 0 Å². The first-order valence-electron chi connectivity index (χ1n) is 5.84. The van der Waals surface area contributed by atoms with Gasteiger partial charge >= 0.3 is 5.69 Å². The van der Waals surface area contributed by atoms with Crippen molar-refractivity contribution >= 4 is 11.6 Å². The van der Waals surface area contributed by atoms with E-state index in [1.54, 1.807) is 13.8 Å². The summed E-state index contributed by atoms with van der Waals surface area (Å²) in [4.78, 5) is 22.9. The maximum absolute atomic E-state index is 13.8. The molecule has 0 heterocycles. The fraction of sp³-hybridized carbons (Fsp3) is 0.308. The molecule has 0 aliphatic carbocycles. The van der Waals surface area contributed by atoms with E-state index in [0.29, 0.717) is 12.1 Å². The molecule has 0 saturated carbocycles. The van der Waals surface area contributed by atoms with E-state index in [4.69, 9.17) is 0 Å². The van der Waals surface area contributed by atoms with Crippen LogP contribution in [0, 0.1) is 21.7 Å². The second kappa shape index (κ2) is 6.23. The minimum atomic E-state index is -1.25. The lowest BCUT2D eigenvalue weighted by Crippen LogP contribution is -2.37. The zero-order valence-electron chi connectivity index (χ0n) is 11.1.